The molecular formula is C7H15NO2. The topological polar surface area (TPSA) is 63.3 Å². The first kappa shape index (κ1) is 9.59. The van der Waals surface area contributed by atoms with Crippen LogP contribution in [0.15, 0.2) is 0 Å². The van der Waals surface area contributed by atoms with E-state index in [-0.39, 0.29) is 0 Å². The maximum absolute atomic E-state index is 10.00. The van der Waals surface area contributed by atoms with Crippen LogP contribution in [0, 0.1) is 5.92 Å². The maximum Gasteiger partial charge on any atom is 0.150 e. The molecule has 0 saturated heterocycles. The zero-order chi connectivity index (χ0) is 8.15. The van der Waals surface area contributed by atoms with Crippen molar-refractivity contribution in [1.82, 2.24) is 0 Å². The highest BCUT2D eigenvalue weighted by atomic mass is 16.3. The van der Waals surface area contributed by atoms with Gasteiger partial charge in [-0.2, -0.15) is 0 Å². The third kappa shape index (κ3) is 3.58. The number of aliphatic hydroxyl groups excluding tert-OH is 1. The van der Waals surface area contributed by atoms with Crippen LogP contribution in [-0.2, 0) is 4.79 Å². The normalized spacial score (nSPS) is 16.9. The van der Waals surface area contributed by atoms with Crippen LogP contribution in [-0.4, -0.2) is 23.5 Å². The molecule has 10 heavy (non-hydrogen) atoms. The van der Waals surface area contributed by atoms with Crippen molar-refractivity contribution >= 4 is 6.29 Å². The molecule has 3 nitrogen and oxygen atoms in total. The Morgan fingerprint density at radius 2 is 2.10 bits per heavy atom. The Balaban J connectivity index is 3.60. The fraction of sp³-hybridized carbons (Fsp3) is 0.857. The molecule has 0 aromatic carbocycles. The summed E-state index contributed by atoms with van der Waals surface area (Å²) in [5, 5.41) is 8.88. The van der Waals surface area contributed by atoms with Gasteiger partial charge in [0, 0.05) is 6.04 Å². The standard InChI is InChI=1S/C7H15NO2/c1-5(2)3-6(8)7(10)4-9/h4-7,10H,3,8H2,1-2H3. The SMILES string of the molecule is CC(C)CC(N)C(O)C=O. The second kappa shape index (κ2) is 4.41. The molecule has 0 aliphatic rings. The number of carbonyl (C=O) groups is 1. The van der Waals surface area contributed by atoms with Crippen molar-refractivity contribution in [2.45, 2.75) is 32.4 Å². The van der Waals surface area contributed by atoms with Gasteiger partial charge in [-0.05, 0) is 12.3 Å². The minimum atomic E-state index is -0.998. The molecule has 0 aromatic heterocycles. The molecule has 0 amide bonds. The molecule has 2 unspecified atom stereocenters. The van der Waals surface area contributed by atoms with Gasteiger partial charge in [-0.15, -0.1) is 0 Å². The Kier molecular flexibility index (Phi) is 4.23. The highest BCUT2D eigenvalue weighted by molar-refractivity contribution is 5.56. The third-order valence-corrected chi connectivity index (χ3v) is 1.32. The summed E-state index contributed by atoms with van der Waals surface area (Å²) in [6.07, 6.45) is 0.162. The molecule has 3 N–H and O–H groups in total. The summed E-state index contributed by atoms with van der Waals surface area (Å²) >= 11 is 0. The van der Waals surface area contributed by atoms with Crippen LogP contribution in [0.4, 0.5) is 0 Å². The van der Waals surface area contributed by atoms with E-state index >= 15 is 0 Å². The molecule has 0 fully saturated rings. The van der Waals surface area contributed by atoms with Crippen LogP contribution in [0.1, 0.15) is 20.3 Å². The Hall–Kier alpha value is -0.410. The summed E-state index contributed by atoms with van der Waals surface area (Å²) in [6, 6.07) is -0.405. The molecule has 60 valence electrons. The summed E-state index contributed by atoms with van der Waals surface area (Å²) in [6.45, 7) is 3.99. The van der Waals surface area contributed by atoms with E-state index in [9.17, 15) is 4.79 Å². The van der Waals surface area contributed by atoms with Crippen molar-refractivity contribution in [1.29, 1.82) is 0 Å². The first-order valence-electron chi connectivity index (χ1n) is 3.47. The van der Waals surface area contributed by atoms with Crippen molar-refractivity contribution < 1.29 is 9.90 Å². The van der Waals surface area contributed by atoms with E-state index in [1.807, 2.05) is 13.8 Å². The van der Waals surface area contributed by atoms with Gasteiger partial charge < -0.3 is 15.6 Å². The van der Waals surface area contributed by atoms with Gasteiger partial charge in [0.1, 0.15) is 12.4 Å². The van der Waals surface area contributed by atoms with Crippen molar-refractivity contribution in [2.75, 3.05) is 0 Å². The minimum absolute atomic E-state index is 0.405. The molecule has 3 heteroatoms. The van der Waals surface area contributed by atoms with Crippen LogP contribution in [0.5, 0.6) is 0 Å². The zero-order valence-corrected chi connectivity index (χ0v) is 6.45. The monoisotopic (exact) mass is 145 g/mol. The molecule has 0 radical (unpaired) electrons. The fourth-order valence-corrected chi connectivity index (χ4v) is 0.785. The molecule has 0 saturated carbocycles. The predicted molar refractivity (Wildman–Crippen MR) is 39.5 cm³/mol. The lowest BCUT2D eigenvalue weighted by molar-refractivity contribution is -0.115. The number of rotatable bonds is 4. The zero-order valence-electron chi connectivity index (χ0n) is 6.45. The lowest BCUT2D eigenvalue weighted by Crippen LogP contribution is -2.36. The molecule has 0 aromatic rings. The lowest BCUT2D eigenvalue weighted by Gasteiger charge is -2.15. The lowest BCUT2D eigenvalue weighted by atomic mass is 10.0. The second-order valence-corrected chi connectivity index (χ2v) is 2.92. The number of aldehydes is 1. The Morgan fingerprint density at radius 3 is 2.40 bits per heavy atom. The summed E-state index contributed by atoms with van der Waals surface area (Å²) in [5.74, 6) is 0.421. The van der Waals surface area contributed by atoms with E-state index in [2.05, 4.69) is 0 Å². The Morgan fingerprint density at radius 1 is 1.60 bits per heavy atom. The van der Waals surface area contributed by atoms with Crippen LogP contribution in [0.3, 0.4) is 0 Å². The number of hydrogen-bond acceptors (Lipinski definition) is 3. The Labute approximate surface area is 61.2 Å². The van der Waals surface area contributed by atoms with E-state index in [0.717, 1.165) is 0 Å². The van der Waals surface area contributed by atoms with E-state index < -0.39 is 12.1 Å². The second-order valence-electron chi connectivity index (χ2n) is 2.92. The molecule has 0 aliphatic heterocycles. The van der Waals surface area contributed by atoms with Crippen molar-refractivity contribution in [2.24, 2.45) is 11.7 Å². The van der Waals surface area contributed by atoms with E-state index in [1.54, 1.807) is 0 Å². The van der Waals surface area contributed by atoms with Gasteiger partial charge in [0.05, 0.1) is 0 Å². The van der Waals surface area contributed by atoms with Crippen LogP contribution < -0.4 is 5.73 Å². The number of nitrogens with two attached hydrogens (primary N) is 1. The average Bonchev–Trinajstić information content (AvgIpc) is 1.85. The predicted octanol–water partition coefficient (Wildman–Crippen LogP) is -0.0804. The van der Waals surface area contributed by atoms with Crippen LogP contribution in [0.25, 0.3) is 0 Å². The fourth-order valence-electron chi connectivity index (χ4n) is 0.785. The summed E-state index contributed by atoms with van der Waals surface area (Å²) in [5.41, 5.74) is 5.45. The minimum Gasteiger partial charge on any atom is -0.384 e. The molecular weight excluding hydrogens is 130 g/mol. The van der Waals surface area contributed by atoms with Gasteiger partial charge in [-0.25, -0.2) is 0 Å². The van der Waals surface area contributed by atoms with Gasteiger partial charge in [0.15, 0.2) is 0 Å². The van der Waals surface area contributed by atoms with Gasteiger partial charge in [0.25, 0.3) is 0 Å². The highest BCUT2D eigenvalue weighted by Crippen LogP contribution is 2.04. The average molecular weight is 145 g/mol. The first-order valence-corrected chi connectivity index (χ1v) is 3.47. The third-order valence-electron chi connectivity index (χ3n) is 1.32. The number of carbonyl (C=O) groups excluding carboxylic acids is 1. The maximum atomic E-state index is 10.00. The molecule has 0 heterocycles. The van der Waals surface area contributed by atoms with E-state index in [0.29, 0.717) is 18.6 Å². The summed E-state index contributed by atoms with van der Waals surface area (Å²) in [4.78, 5) is 10.00. The van der Waals surface area contributed by atoms with E-state index in [4.69, 9.17) is 10.8 Å². The summed E-state index contributed by atoms with van der Waals surface area (Å²) in [7, 11) is 0. The number of aliphatic hydroxyl groups is 1. The first-order chi connectivity index (χ1) is 4.57. The Bertz CT molecular complexity index is 104. The highest BCUT2D eigenvalue weighted by Gasteiger charge is 2.14. The van der Waals surface area contributed by atoms with Crippen molar-refractivity contribution in [3.63, 3.8) is 0 Å². The van der Waals surface area contributed by atoms with Crippen molar-refractivity contribution in [3.05, 3.63) is 0 Å². The molecule has 0 rings (SSSR count). The molecule has 0 spiro atoms. The van der Waals surface area contributed by atoms with E-state index in [1.165, 1.54) is 0 Å². The molecule has 2 atom stereocenters. The van der Waals surface area contributed by atoms with Crippen molar-refractivity contribution in [3.8, 4) is 0 Å². The van der Waals surface area contributed by atoms with Gasteiger partial charge in [-0.1, -0.05) is 13.8 Å². The van der Waals surface area contributed by atoms with Gasteiger partial charge in [0.2, 0.25) is 0 Å². The quantitative estimate of drug-likeness (QED) is 0.544. The van der Waals surface area contributed by atoms with Gasteiger partial charge >= 0.3 is 0 Å². The molecule has 0 bridgehead atoms. The molecule has 0 aliphatic carbocycles. The van der Waals surface area contributed by atoms with Crippen LogP contribution in [0.2, 0.25) is 0 Å². The number of hydrogen-bond donors (Lipinski definition) is 2. The summed E-state index contributed by atoms with van der Waals surface area (Å²) < 4.78 is 0. The van der Waals surface area contributed by atoms with Crippen LogP contribution >= 0.6 is 0 Å². The van der Waals surface area contributed by atoms with Gasteiger partial charge in [-0.3, -0.25) is 0 Å². The smallest absolute Gasteiger partial charge is 0.150 e. The largest absolute Gasteiger partial charge is 0.384 e.